The molecule has 1 N–H and O–H groups in total. The summed E-state index contributed by atoms with van der Waals surface area (Å²) < 4.78 is 0. The number of likely N-dealkylation sites (N-methyl/N-ethyl adjacent to an activating group) is 1. The number of fused-ring (bicyclic) bond motifs is 1. The lowest BCUT2D eigenvalue weighted by Crippen LogP contribution is -2.67. The molecule has 18 heavy (non-hydrogen) atoms. The molecule has 2 aliphatic rings. The second kappa shape index (κ2) is 3.50. The van der Waals surface area contributed by atoms with E-state index in [1.165, 1.54) is 11.3 Å². The van der Waals surface area contributed by atoms with Crippen LogP contribution in [0.15, 0.2) is 24.3 Å². The zero-order valence-corrected chi connectivity index (χ0v) is 11.3. The molecule has 0 bridgehead atoms. The number of carbonyl (C=O) groups excluding carboxylic acids is 1. The number of para-hydroxylation sites is 1. The van der Waals surface area contributed by atoms with Crippen LogP contribution in [0.4, 0.5) is 5.69 Å². The molecule has 96 valence electrons. The van der Waals surface area contributed by atoms with E-state index in [0.29, 0.717) is 6.42 Å². The summed E-state index contributed by atoms with van der Waals surface area (Å²) in [4.78, 5) is 14.1. The summed E-state index contributed by atoms with van der Waals surface area (Å²) in [6, 6.07) is 8.47. The van der Waals surface area contributed by atoms with Crippen LogP contribution < -0.4 is 10.2 Å². The highest BCUT2D eigenvalue weighted by Gasteiger charge is 2.56. The smallest absolute Gasteiger partial charge is 0.221 e. The molecule has 1 amide bonds. The van der Waals surface area contributed by atoms with Gasteiger partial charge in [-0.3, -0.25) is 4.79 Å². The molecule has 2 aliphatic heterocycles. The van der Waals surface area contributed by atoms with Crippen LogP contribution in [0.2, 0.25) is 0 Å². The first-order valence-electron chi connectivity index (χ1n) is 6.63. The number of rotatable bonds is 0. The van der Waals surface area contributed by atoms with Crippen molar-refractivity contribution in [1.29, 1.82) is 0 Å². The standard InChI is InChI=1S/C15H20N2O/c1-14(2)11-7-4-5-8-12(11)17(3)15(14)10-6-9-13(18)16-15/h4-5,7-8H,6,9-10H2,1-3H3,(H,16,18)/t15-/m1/s1. The van der Waals surface area contributed by atoms with Gasteiger partial charge in [-0.15, -0.1) is 0 Å². The van der Waals surface area contributed by atoms with E-state index in [1.807, 2.05) is 0 Å². The molecular weight excluding hydrogens is 224 g/mol. The summed E-state index contributed by atoms with van der Waals surface area (Å²) >= 11 is 0. The van der Waals surface area contributed by atoms with E-state index in [2.05, 4.69) is 55.4 Å². The van der Waals surface area contributed by atoms with Crippen molar-refractivity contribution in [2.75, 3.05) is 11.9 Å². The predicted molar refractivity (Wildman–Crippen MR) is 72.6 cm³/mol. The molecule has 0 saturated carbocycles. The van der Waals surface area contributed by atoms with Gasteiger partial charge in [-0.05, 0) is 24.5 Å². The molecule has 0 aromatic heterocycles. The summed E-state index contributed by atoms with van der Waals surface area (Å²) in [5.41, 5.74) is 2.25. The third kappa shape index (κ3) is 1.22. The van der Waals surface area contributed by atoms with Crippen LogP contribution in [-0.4, -0.2) is 18.6 Å². The molecular formula is C15H20N2O. The monoisotopic (exact) mass is 244 g/mol. The van der Waals surface area contributed by atoms with Gasteiger partial charge in [0.15, 0.2) is 0 Å². The first kappa shape index (κ1) is 11.6. The average molecular weight is 244 g/mol. The average Bonchev–Trinajstić information content (AvgIpc) is 2.51. The second-order valence-electron chi connectivity index (χ2n) is 5.96. The maximum atomic E-state index is 11.9. The van der Waals surface area contributed by atoms with Gasteiger partial charge in [0.05, 0.1) is 0 Å². The highest BCUT2D eigenvalue weighted by molar-refractivity contribution is 5.80. The zero-order valence-electron chi connectivity index (χ0n) is 11.3. The molecule has 1 aromatic rings. The van der Waals surface area contributed by atoms with Crippen molar-refractivity contribution < 1.29 is 4.79 Å². The van der Waals surface area contributed by atoms with Crippen molar-refractivity contribution in [2.24, 2.45) is 0 Å². The van der Waals surface area contributed by atoms with Gasteiger partial charge in [0.1, 0.15) is 5.66 Å². The first-order chi connectivity index (χ1) is 8.49. The molecule has 0 unspecified atom stereocenters. The van der Waals surface area contributed by atoms with Crippen LogP contribution in [-0.2, 0) is 10.2 Å². The molecule has 1 fully saturated rings. The fraction of sp³-hybridized carbons (Fsp3) is 0.533. The van der Waals surface area contributed by atoms with Crippen molar-refractivity contribution in [3.05, 3.63) is 29.8 Å². The molecule has 1 saturated heterocycles. The summed E-state index contributed by atoms with van der Waals surface area (Å²) in [6.45, 7) is 4.47. The molecule has 3 rings (SSSR count). The number of benzene rings is 1. The molecule has 0 radical (unpaired) electrons. The molecule has 0 aliphatic carbocycles. The lowest BCUT2D eigenvalue weighted by Gasteiger charge is -2.49. The Labute approximate surface area is 108 Å². The van der Waals surface area contributed by atoms with Crippen LogP contribution in [0, 0.1) is 0 Å². The minimum atomic E-state index is -0.258. The van der Waals surface area contributed by atoms with E-state index in [4.69, 9.17) is 0 Å². The molecule has 1 atom stereocenters. The SMILES string of the molecule is CN1c2ccccc2C(C)(C)[C@@]12CCCC(=O)N2. The number of carbonyl (C=O) groups is 1. The third-order valence-corrected chi connectivity index (χ3v) is 4.83. The normalized spacial score (nSPS) is 29.3. The fourth-order valence-electron chi connectivity index (χ4n) is 3.72. The molecule has 1 aromatic carbocycles. The Morgan fingerprint density at radius 1 is 1.28 bits per heavy atom. The predicted octanol–water partition coefficient (Wildman–Crippen LogP) is 2.41. The Morgan fingerprint density at radius 3 is 2.67 bits per heavy atom. The van der Waals surface area contributed by atoms with Gasteiger partial charge in [0, 0.05) is 24.6 Å². The Hall–Kier alpha value is -1.51. The molecule has 1 spiro atoms. The van der Waals surface area contributed by atoms with E-state index in [-0.39, 0.29) is 17.0 Å². The van der Waals surface area contributed by atoms with Crippen molar-refractivity contribution in [3.8, 4) is 0 Å². The summed E-state index contributed by atoms with van der Waals surface area (Å²) in [7, 11) is 2.10. The van der Waals surface area contributed by atoms with Crippen LogP contribution in [0.25, 0.3) is 0 Å². The van der Waals surface area contributed by atoms with E-state index < -0.39 is 0 Å². The van der Waals surface area contributed by atoms with E-state index in [0.717, 1.165) is 12.8 Å². The van der Waals surface area contributed by atoms with Gasteiger partial charge < -0.3 is 10.2 Å². The van der Waals surface area contributed by atoms with Gasteiger partial charge in [0.2, 0.25) is 5.91 Å². The summed E-state index contributed by atoms with van der Waals surface area (Å²) in [6.07, 6.45) is 2.63. The molecule has 2 heterocycles. The van der Waals surface area contributed by atoms with Gasteiger partial charge in [-0.2, -0.15) is 0 Å². The third-order valence-electron chi connectivity index (χ3n) is 4.83. The number of nitrogens with one attached hydrogen (secondary N) is 1. The van der Waals surface area contributed by atoms with Crippen LogP contribution in [0.1, 0.15) is 38.7 Å². The number of nitrogens with zero attached hydrogens (tertiary/aromatic N) is 1. The van der Waals surface area contributed by atoms with E-state index in [9.17, 15) is 4.79 Å². The Morgan fingerprint density at radius 2 is 2.00 bits per heavy atom. The van der Waals surface area contributed by atoms with Gasteiger partial charge in [-0.25, -0.2) is 0 Å². The van der Waals surface area contributed by atoms with Crippen LogP contribution in [0.5, 0.6) is 0 Å². The van der Waals surface area contributed by atoms with E-state index in [1.54, 1.807) is 0 Å². The highest BCUT2D eigenvalue weighted by Crippen LogP contribution is 2.52. The fourth-order valence-corrected chi connectivity index (χ4v) is 3.72. The van der Waals surface area contributed by atoms with Gasteiger partial charge >= 0.3 is 0 Å². The number of amides is 1. The number of anilines is 1. The van der Waals surface area contributed by atoms with Crippen LogP contribution >= 0.6 is 0 Å². The highest BCUT2D eigenvalue weighted by atomic mass is 16.2. The van der Waals surface area contributed by atoms with E-state index >= 15 is 0 Å². The summed E-state index contributed by atoms with van der Waals surface area (Å²) in [5.74, 6) is 0.175. The second-order valence-corrected chi connectivity index (χ2v) is 5.96. The van der Waals surface area contributed by atoms with Gasteiger partial charge in [0.25, 0.3) is 0 Å². The minimum Gasteiger partial charge on any atom is -0.351 e. The lowest BCUT2D eigenvalue weighted by atomic mass is 9.72. The largest absolute Gasteiger partial charge is 0.351 e. The minimum absolute atomic E-state index is 0.0611. The lowest BCUT2D eigenvalue weighted by molar-refractivity contribution is -0.126. The van der Waals surface area contributed by atoms with Crippen molar-refractivity contribution in [2.45, 2.75) is 44.2 Å². The first-order valence-corrected chi connectivity index (χ1v) is 6.63. The van der Waals surface area contributed by atoms with Crippen LogP contribution in [0.3, 0.4) is 0 Å². The Balaban J connectivity index is 2.16. The number of hydrogen-bond acceptors (Lipinski definition) is 2. The summed E-state index contributed by atoms with van der Waals surface area (Å²) in [5, 5.41) is 3.27. The Bertz CT molecular complexity index is 509. The maximum Gasteiger partial charge on any atom is 0.221 e. The quantitative estimate of drug-likeness (QED) is 0.760. The number of hydrogen-bond donors (Lipinski definition) is 1. The molecule has 3 heteroatoms. The maximum absolute atomic E-state index is 11.9. The topological polar surface area (TPSA) is 32.3 Å². The number of piperidine rings is 1. The van der Waals surface area contributed by atoms with Crippen molar-refractivity contribution in [3.63, 3.8) is 0 Å². The molecule has 3 nitrogen and oxygen atoms in total. The van der Waals surface area contributed by atoms with Gasteiger partial charge in [-0.1, -0.05) is 32.0 Å². The zero-order chi connectivity index (χ0) is 13.0. The van der Waals surface area contributed by atoms with Crippen molar-refractivity contribution >= 4 is 11.6 Å². The van der Waals surface area contributed by atoms with Crippen molar-refractivity contribution in [1.82, 2.24) is 5.32 Å². The Kier molecular flexibility index (Phi) is 2.25.